The molecule has 0 fully saturated rings. The van der Waals surface area contributed by atoms with Gasteiger partial charge < -0.3 is 10.6 Å². The van der Waals surface area contributed by atoms with Gasteiger partial charge in [-0.3, -0.25) is 9.59 Å². The van der Waals surface area contributed by atoms with Crippen LogP contribution >= 0.6 is 0 Å². The van der Waals surface area contributed by atoms with E-state index in [1.807, 2.05) is 6.07 Å². The van der Waals surface area contributed by atoms with Crippen molar-refractivity contribution in [2.75, 3.05) is 5.32 Å². The zero-order chi connectivity index (χ0) is 17.3. The Labute approximate surface area is 135 Å². The first-order valence-corrected chi connectivity index (χ1v) is 7.21. The summed E-state index contributed by atoms with van der Waals surface area (Å²) in [4.78, 5) is 24.5. The minimum Gasteiger partial charge on any atom is -0.340 e. The van der Waals surface area contributed by atoms with Crippen molar-refractivity contribution >= 4 is 17.5 Å². The Balaban J connectivity index is 1.89. The van der Waals surface area contributed by atoms with Gasteiger partial charge in [0, 0.05) is 6.42 Å². The highest BCUT2D eigenvalue weighted by Gasteiger charge is 2.34. The maximum absolute atomic E-state index is 12.8. The molecule has 124 valence electrons. The van der Waals surface area contributed by atoms with Gasteiger partial charge in [0.15, 0.2) is 0 Å². The normalized spacial score (nSPS) is 17.5. The number of rotatable bonds is 2. The summed E-state index contributed by atoms with van der Waals surface area (Å²) in [7, 11) is 0. The van der Waals surface area contributed by atoms with Gasteiger partial charge in [-0.05, 0) is 23.8 Å². The second-order valence-electron chi connectivity index (χ2n) is 5.46. The van der Waals surface area contributed by atoms with Crippen molar-refractivity contribution in [3.63, 3.8) is 0 Å². The Kier molecular flexibility index (Phi) is 4.01. The number of amides is 2. The molecule has 0 aliphatic carbocycles. The third-order valence-corrected chi connectivity index (χ3v) is 3.75. The lowest BCUT2D eigenvalue weighted by atomic mass is 10.1. The van der Waals surface area contributed by atoms with E-state index in [2.05, 4.69) is 10.6 Å². The molecule has 2 N–H and O–H groups in total. The minimum atomic E-state index is -4.55. The first kappa shape index (κ1) is 16.0. The third kappa shape index (κ3) is 3.24. The second-order valence-corrected chi connectivity index (χ2v) is 5.46. The number of halogens is 3. The van der Waals surface area contributed by atoms with Crippen LogP contribution in [0.25, 0.3) is 0 Å². The first-order chi connectivity index (χ1) is 11.3. The van der Waals surface area contributed by atoms with Gasteiger partial charge in [0.05, 0.1) is 16.8 Å². The zero-order valence-corrected chi connectivity index (χ0v) is 12.4. The zero-order valence-electron chi connectivity index (χ0n) is 12.4. The number of fused-ring (bicyclic) bond motifs is 1. The standard InChI is InChI=1S/C17H13F3N2O2/c18-17(19,20)11-6-7-12-13(9-11)21-16(24)14(22-15(12)23)8-10-4-2-1-3-5-10/h1-7,9,14H,8H2,(H,21,24)(H,22,23). The topological polar surface area (TPSA) is 58.2 Å². The van der Waals surface area contributed by atoms with Gasteiger partial charge in [0.25, 0.3) is 5.91 Å². The van der Waals surface area contributed by atoms with Crippen LogP contribution in [0.5, 0.6) is 0 Å². The SMILES string of the molecule is O=C1NC(Cc2ccccc2)C(=O)Nc2cc(C(F)(F)F)ccc21. The van der Waals surface area contributed by atoms with Crippen LogP contribution in [0.4, 0.5) is 18.9 Å². The van der Waals surface area contributed by atoms with Crippen LogP contribution in [0.2, 0.25) is 0 Å². The van der Waals surface area contributed by atoms with Crippen LogP contribution in [-0.2, 0) is 17.4 Å². The van der Waals surface area contributed by atoms with Crippen molar-refractivity contribution in [3.05, 3.63) is 65.2 Å². The molecule has 0 saturated carbocycles. The van der Waals surface area contributed by atoms with Crippen molar-refractivity contribution in [3.8, 4) is 0 Å². The number of hydrogen-bond donors (Lipinski definition) is 2. The van der Waals surface area contributed by atoms with Gasteiger partial charge in [-0.25, -0.2) is 0 Å². The highest BCUT2D eigenvalue weighted by Crippen LogP contribution is 2.33. The molecular formula is C17H13F3N2O2. The number of alkyl halides is 3. The van der Waals surface area contributed by atoms with Gasteiger partial charge in [0.1, 0.15) is 6.04 Å². The van der Waals surface area contributed by atoms with Crippen molar-refractivity contribution < 1.29 is 22.8 Å². The van der Waals surface area contributed by atoms with E-state index in [-0.39, 0.29) is 17.7 Å². The van der Waals surface area contributed by atoms with Crippen molar-refractivity contribution in [1.29, 1.82) is 0 Å². The Morgan fingerprint density at radius 1 is 1.00 bits per heavy atom. The fourth-order valence-corrected chi connectivity index (χ4v) is 2.54. The molecular weight excluding hydrogens is 321 g/mol. The predicted octanol–water partition coefficient (Wildman–Crippen LogP) is 3.00. The van der Waals surface area contributed by atoms with E-state index in [0.29, 0.717) is 0 Å². The number of carbonyl (C=O) groups is 2. The number of anilines is 1. The van der Waals surface area contributed by atoms with E-state index in [0.717, 1.165) is 23.8 Å². The third-order valence-electron chi connectivity index (χ3n) is 3.75. The molecule has 0 saturated heterocycles. The van der Waals surface area contributed by atoms with E-state index >= 15 is 0 Å². The average Bonchev–Trinajstić information content (AvgIpc) is 2.64. The summed E-state index contributed by atoms with van der Waals surface area (Å²) >= 11 is 0. The quantitative estimate of drug-likeness (QED) is 0.887. The van der Waals surface area contributed by atoms with E-state index in [1.54, 1.807) is 24.3 Å². The molecule has 3 rings (SSSR count). The largest absolute Gasteiger partial charge is 0.416 e. The van der Waals surface area contributed by atoms with E-state index in [9.17, 15) is 22.8 Å². The van der Waals surface area contributed by atoms with Gasteiger partial charge in [-0.15, -0.1) is 0 Å². The number of nitrogens with one attached hydrogen (secondary N) is 2. The Morgan fingerprint density at radius 3 is 2.38 bits per heavy atom. The molecule has 1 aliphatic rings. The smallest absolute Gasteiger partial charge is 0.340 e. The van der Waals surface area contributed by atoms with Gasteiger partial charge in [-0.1, -0.05) is 30.3 Å². The van der Waals surface area contributed by atoms with Crippen LogP contribution in [0.3, 0.4) is 0 Å². The number of hydrogen-bond acceptors (Lipinski definition) is 2. The fraction of sp³-hybridized carbons (Fsp3) is 0.176. The summed E-state index contributed by atoms with van der Waals surface area (Å²) in [5, 5.41) is 4.97. The van der Waals surface area contributed by atoms with E-state index in [1.165, 1.54) is 0 Å². The summed E-state index contributed by atoms with van der Waals surface area (Å²) in [6, 6.07) is 10.8. The monoisotopic (exact) mass is 334 g/mol. The molecule has 1 unspecified atom stereocenters. The van der Waals surface area contributed by atoms with Gasteiger partial charge in [0.2, 0.25) is 5.91 Å². The Hall–Kier alpha value is -2.83. The molecule has 7 heteroatoms. The molecule has 1 heterocycles. The maximum atomic E-state index is 12.8. The van der Waals surface area contributed by atoms with Crippen LogP contribution < -0.4 is 10.6 Å². The van der Waals surface area contributed by atoms with Crippen LogP contribution in [0, 0.1) is 0 Å². The number of benzene rings is 2. The number of carbonyl (C=O) groups excluding carboxylic acids is 2. The minimum absolute atomic E-state index is 0.00640. The molecule has 0 radical (unpaired) electrons. The van der Waals surface area contributed by atoms with Gasteiger partial charge >= 0.3 is 6.18 Å². The lowest BCUT2D eigenvalue weighted by molar-refractivity contribution is -0.137. The Morgan fingerprint density at radius 2 is 1.71 bits per heavy atom. The summed E-state index contributed by atoms with van der Waals surface area (Å²) in [5.74, 6) is -1.14. The highest BCUT2D eigenvalue weighted by molar-refractivity contribution is 6.10. The molecule has 0 bridgehead atoms. The van der Waals surface area contributed by atoms with E-state index in [4.69, 9.17) is 0 Å². The summed E-state index contributed by atoms with van der Waals surface area (Å²) < 4.78 is 38.4. The summed E-state index contributed by atoms with van der Waals surface area (Å²) in [6.07, 6.45) is -4.30. The molecule has 0 aromatic heterocycles. The second kappa shape index (κ2) is 5.99. The lowest BCUT2D eigenvalue weighted by Crippen LogP contribution is -2.42. The Bertz CT molecular complexity index is 788. The maximum Gasteiger partial charge on any atom is 0.416 e. The molecule has 2 aromatic carbocycles. The molecule has 24 heavy (non-hydrogen) atoms. The summed E-state index contributed by atoms with van der Waals surface area (Å²) in [6.45, 7) is 0. The molecule has 2 amide bonds. The molecule has 1 atom stereocenters. The van der Waals surface area contributed by atoms with Crippen molar-refractivity contribution in [2.45, 2.75) is 18.6 Å². The summed E-state index contributed by atoms with van der Waals surface area (Å²) in [5.41, 5.74) is -0.217. The van der Waals surface area contributed by atoms with Crippen LogP contribution in [0.1, 0.15) is 21.5 Å². The van der Waals surface area contributed by atoms with Crippen molar-refractivity contribution in [2.24, 2.45) is 0 Å². The van der Waals surface area contributed by atoms with Crippen LogP contribution in [0.15, 0.2) is 48.5 Å². The lowest BCUT2D eigenvalue weighted by Gasteiger charge is -2.14. The average molecular weight is 334 g/mol. The predicted molar refractivity (Wildman–Crippen MR) is 81.5 cm³/mol. The highest BCUT2D eigenvalue weighted by atomic mass is 19.4. The molecule has 4 nitrogen and oxygen atoms in total. The van der Waals surface area contributed by atoms with Crippen molar-refractivity contribution in [1.82, 2.24) is 5.32 Å². The fourth-order valence-electron chi connectivity index (χ4n) is 2.54. The van der Waals surface area contributed by atoms with E-state index < -0.39 is 29.6 Å². The molecule has 1 aliphatic heterocycles. The first-order valence-electron chi connectivity index (χ1n) is 7.21. The van der Waals surface area contributed by atoms with Crippen LogP contribution in [-0.4, -0.2) is 17.9 Å². The molecule has 2 aromatic rings. The molecule has 0 spiro atoms. The van der Waals surface area contributed by atoms with Gasteiger partial charge in [-0.2, -0.15) is 13.2 Å².